The Bertz CT molecular complexity index is 922. The van der Waals surface area contributed by atoms with E-state index >= 15 is 0 Å². The van der Waals surface area contributed by atoms with Crippen molar-refractivity contribution in [3.63, 3.8) is 0 Å². The minimum absolute atomic E-state index is 0.748. The quantitative estimate of drug-likeness (QED) is 0.439. The van der Waals surface area contributed by atoms with Crippen molar-refractivity contribution < 1.29 is 0 Å². The highest BCUT2D eigenvalue weighted by molar-refractivity contribution is 5.76. The van der Waals surface area contributed by atoms with E-state index in [9.17, 15) is 0 Å². The highest BCUT2D eigenvalue weighted by Gasteiger charge is 2.10. The molecule has 0 saturated carbocycles. The zero-order valence-corrected chi connectivity index (χ0v) is 16.2. The van der Waals surface area contributed by atoms with Crippen molar-refractivity contribution >= 4 is 5.57 Å². The Labute approximate surface area is 162 Å². The molecule has 0 aliphatic rings. The van der Waals surface area contributed by atoms with Gasteiger partial charge in [0.25, 0.3) is 0 Å². The molecule has 2 aromatic carbocycles. The van der Waals surface area contributed by atoms with E-state index in [4.69, 9.17) is 9.97 Å². The molecule has 0 atom stereocenters. The predicted molar refractivity (Wildman–Crippen MR) is 115 cm³/mol. The number of benzene rings is 2. The largest absolute Gasteiger partial charge is 0.228 e. The summed E-state index contributed by atoms with van der Waals surface area (Å²) in [4.78, 5) is 9.71. The summed E-state index contributed by atoms with van der Waals surface area (Å²) in [6, 6.07) is 20.8. The Morgan fingerprint density at radius 2 is 1.67 bits per heavy atom. The van der Waals surface area contributed by atoms with Crippen molar-refractivity contribution in [2.45, 2.75) is 33.1 Å². The van der Waals surface area contributed by atoms with Crippen molar-refractivity contribution in [1.82, 2.24) is 9.97 Å². The van der Waals surface area contributed by atoms with Gasteiger partial charge in [-0.1, -0.05) is 93.6 Å². The maximum absolute atomic E-state index is 4.86. The van der Waals surface area contributed by atoms with Crippen molar-refractivity contribution in [1.29, 1.82) is 0 Å². The van der Waals surface area contributed by atoms with E-state index < -0.39 is 0 Å². The highest BCUT2D eigenvalue weighted by atomic mass is 14.9. The van der Waals surface area contributed by atoms with E-state index in [0.717, 1.165) is 53.2 Å². The maximum atomic E-state index is 4.86. The minimum Gasteiger partial charge on any atom is -0.228 e. The molecule has 2 nitrogen and oxygen atoms in total. The smallest absolute Gasteiger partial charge is 0.160 e. The van der Waals surface area contributed by atoms with Crippen LogP contribution in [0.25, 0.3) is 28.2 Å². The van der Waals surface area contributed by atoms with Gasteiger partial charge in [-0.2, -0.15) is 0 Å². The first kappa shape index (κ1) is 18.8. The van der Waals surface area contributed by atoms with Gasteiger partial charge in [-0.05, 0) is 30.0 Å². The van der Waals surface area contributed by atoms with Gasteiger partial charge in [-0.25, -0.2) is 9.97 Å². The summed E-state index contributed by atoms with van der Waals surface area (Å²) in [6.07, 6.45) is 7.22. The van der Waals surface area contributed by atoms with Gasteiger partial charge >= 0.3 is 0 Å². The third kappa shape index (κ3) is 4.59. The van der Waals surface area contributed by atoms with Gasteiger partial charge in [-0.3, -0.25) is 0 Å². The predicted octanol–water partition coefficient (Wildman–Crippen LogP) is 6.74. The van der Waals surface area contributed by atoms with Crippen LogP contribution in [0.15, 0.2) is 79.4 Å². The van der Waals surface area contributed by atoms with Crippen LogP contribution in [0.2, 0.25) is 0 Å². The molecule has 0 unspecified atom stereocenters. The standard InChI is InChI=1S/C25H26N2/c1-4-7-11-20(6-3)23-18-24(21-12-9-8-10-13-21)27-25(26-23)22-16-14-19(5-2)15-17-22/h6,8-18H,3-5,7H2,1-2H3/b20-11+. The molecule has 0 fully saturated rings. The number of unbranched alkanes of at least 4 members (excludes halogenated alkanes) is 1. The molecule has 0 aliphatic carbocycles. The molecular formula is C25H26N2. The molecule has 0 amide bonds. The lowest BCUT2D eigenvalue weighted by molar-refractivity contribution is 0.959. The Hall–Kier alpha value is -3.00. The third-order valence-electron chi connectivity index (χ3n) is 4.58. The van der Waals surface area contributed by atoms with Crippen LogP contribution in [0.1, 0.15) is 37.9 Å². The fourth-order valence-electron chi connectivity index (χ4n) is 2.96. The Kier molecular flexibility index (Phi) is 6.32. The van der Waals surface area contributed by atoms with Crippen molar-refractivity contribution in [3.05, 3.63) is 90.7 Å². The molecule has 0 saturated heterocycles. The molecule has 136 valence electrons. The van der Waals surface area contributed by atoms with E-state index in [0.29, 0.717) is 0 Å². The van der Waals surface area contributed by atoms with E-state index in [1.54, 1.807) is 0 Å². The zero-order chi connectivity index (χ0) is 19.1. The maximum Gasteiger partial charge on any atom is 0.160 e. The lowest BCUT2D eigenvalue weighted by Crippen LogP contribution is -1.98. The first-order chi connectivity index (χ1) is 13.2. The van der Waals surface area contributed by atoms with Gasteiger partial charge < -0.3 is 0 Å². The van der Waals surface area contributed by atoms with Crippen LogP contribution in [0.4, 0.5) is 0 Å². The minimum atomic E-state index is 0.748. The monoisotopic (exact) mass is 354 g/mol. The Morgan fingerprint density at radius 3 is 2.30 bits per heavy atom. The molecule has 27 heavy (non-hydrogen) atoms. The van der Waals surface area contributed by atoms with Crippen LogP contribution in [0.5, 0.6) is 0 Å². The first-order valence-corrected chi connectivity index (χ1v) is 9.62. The van der Waals surface area contributed by atoms with Gasteiger partial charge in [0.15, 0.2) is 5.82 Å². The molecule has 3 rings (SSSR count). The molecule has 1 heterocycles. The number of aromatic nitrogens is 2. The summed E-state index contributed by atoms with van der Waals surface area (Å²) >= 11 is 0. The summed E-state index contributed by atoms with van der Waals surface area (Å²) in [7, 11) is 0. The second kappa shape index (κ2) is 9.09. The Balaban J connectivity index is 2.14. The average molecular weight is 354 g/mol. The summed E-state index contributed by atoms with van der Waals surface area (Å²) < 4.78 is 0. The van der Waals surface area contributed by atoms with Crippen LogP contribution in [-0.2, 0) is 6.42 Å². The third-order valence-corrected chi connectivity index (χ3v) is 4.58. The normalized spacial score (nSPS) is 11.4. The second-order valence-electron chi connectivity index (χ2n) is 6.53. The van der Waals surface area contributed by atoms with Crippen LogP contribution < -0.4 is 0 Å². The second-order valence-corrected chi connectivity index (χ2v) is 6.53. The fourth-order valence-corrected chi connectivity index (χ4v) is 2.96. The summed E-state index contributed by atoms with van der Waals surface area (Å²) in [5.74, 6) is 0.748. The molecule has 1 aromatic heterocycles. The average Bonchev–Trinajstić information content (AvgIpc) is 2.75. The van der Waals surface area contributed by atoms with Crippen molar-refractivity contribution in [2.24, 2.45) is 0 Å². The van der Waals surface area contributed by atoms with Crippen LogP contribution in [0, 0.1) is 0 Å². The zero-order valence-electron chi connectivity index (χ0n) is 16.2. The molecule has 0 aliphatic heterocycles. The highest BCUT2D eigenvalue weighted by Crippen LogP contribution is 2.26. The first-order valence-electron chi connectivity index (χ1n) is 9.62. The van der Waals surface area contributed by atoms with Gasteiger partial charge in [0.05, 0.1) is 11.4 Å². The van der Waals surface area contributed by atoms with Gasteiger partial charge in [-0.15, -0.1) is 0 Å². The van der Waals surface area contributed by atoms with Crippen molar-refractivity contribution in [3.8, 4) is 22.6 Å². The molecule has 2 heteroatoms. The number of nitrogens with zero attached hydrogens (tertiary/aromatic N) is 2. The SMILES string of the molecule is C=C/C(=C\CCC)c1cc(-c2ccccc2)nc(-c2ccc(CC)cc2)n1. The fraction of sp³-hybridized carbons (Fsp3) is 0.200. The van der Waals surface area contributed by atoms with E-state index in [2.05, 4.69) is 69.0 Å². The topological polar surface area (TPSA) is 25.8 Å². The molecule has 3 aromatic rings. The summed E-state index contributed by atoms with van der Waals surface area (Å²) in [5, 5.41) is 0. The van der Waals surface area contributed by atoms with E-state index in [1.165, 1.54) is 5.56 Å². The lowest BCUT2D eigenvalue weighted by atomic mass is 10.0. The molecule has 0 spiro atoms. The van der Waals surface area contributed by atoms with Crippen LogP contribution >= 0.6 is 0 Å². The van der Waals surface area contributed by atoms with E-state index in [-0.39, 0.29) is 0 Å². The van der Waals surface area contributed by atoms with E-state index in [1.807, 2.05) is 24.3 Å². The number of rotatable bonds is 7. The van der Waals surface area contributed by atoms with Crippen LogP contribution in [-0.4, -0.2) is 9.97 Å². The Morgan fingerprint density at radius 1 is 0.926 bits per heavy atom. The number of aryl methyl sites for hydroxylation is 1. The van der Waals surface area contributed by atoms with Gasteiger partial charge in [0.1, 0.15) is 0 Å². The number of allylic oxidation sites excluding steroid dienone is 3. The van der Waals surface area contributed by atoms with Gasteiger partial charge in [0, 0.05) is 11.1 Å². The van der Waals surface area contributed by atoms with Crippen molar-refractivity contribution in [2.75, 3.05) is 0 Å². The molecular weight excluding hydrogens is 328 g/mol. The molecule has 0 radical (unpaired) electrons. The number of hydrogen-bond acceptors (Lipinski definition) is 2. The number of hydrogen-bond donors (Lipinski definition) is 0. The lowest BCUT2D eigenvalue weighted by Gasteiger charge is -2.10. The van der Waals surface area contributed by atoms with Crippen LogP contribution in [0.3, 0.4) is 0 Å². The summed E-state index contributed by atoms with van der Waals surface area (Å²) in [5.41, 5.74) is 6.34. The molecule has 0 N–H and O–H groups in total. The summed E-state index contributed by atoms with van der Waals surface area (Å²) in [6.45, 7) is 8.32. The molecule has 0 bridgehead atoms. The van der Waals surface area contributed by atoms with Gasteiger partial charge in [0.2, 0.25) is 0 Å².